The van der Waals surface area contributed by atoms with E-state index in [9.17, 15) is 68.7 Å². The first-order valence-electron chi connectivity index (χ1n) is 21.4. The summed E-state index contributed by atoms with van der Waals surface area (Å²) in [6.07, 6.45) is -8.99. The summed E-state index contributed by atoms with van der Waals surface area (Å²) in [7, 11) is 0. The highest BCUT2D eigenvalue weighted by Gasteiger charge is 2.61. The van der Waals surface area contributed by atoms with Gasteiger partial charge < -0.3 is 24.8 Å². The summed E-state index contributed by atoms with van der Waals surface area (Å²) < 4.78 is 110. The van der Waals surface area contributed by atoms with Crippen molar-refractivity contribution in [1.29, 1.82) is 10.5 Å². The van der Waals surface area contributed by atoms with Gasteiger partial charge >= 0.3 is 24.3 Å². The Bertz CT molecular complexity index is 2890. The minimum absolute atomic E-state index is 0.0436. The van der Waals surface area contributed by atoms with Crippen molar-refractivity contribution < 1.29 is 73.4 Å². The number of hydrogen-bond donors (Lipinski definition) is 1. The molecule has 1 N–H and O–H groups in total. The first-order chi connectivity index (χ1) is 33.7. The smallest absolute Gasteiger partial charge is 0.394 e. The number of nitrogens with zero attached hydrogens (tertiary/aromatic N) is 7. The number of esters is 2. The fourth-order valence-corrected chi connectivity index (χ4v) is 8.24. The lowest BCUT2D eigenvalue weighted by atomic mass is 9.83. The molecular weight excluding hydrogens is 969 g/mol. The predicted molar refractivity (Wildman–Crippen MR) is 234 cm³/mol. The molecule has 0 aromatic heterocycles. The Morgan fingerprint density at radius 2 is 0.986 bits per heavy atom. The van der Waals surface area contributed by atoms with Crippen LogP contribution in [0.1, 0.15) is 54.2 Å². The quantitative estimate of drug-likeness (QED) is 0.151. The van der Waals surface area contributed by atoms with Gasteiger partial charge in [0.2, 0.25) is 17.7 Å². The van der Waals surface area contributed by atoms with Gasteiger partial charge in [-0.1, -0.05) is 24.3 Å². The summed E-state index contributed by atoms with van der Waals surface area (Å²) in [5.74, 6) is -5.19. The summed E-state index contributed by atoms with van der Waals surface area (Å²) in [6, 6.07) is 19.4. The van der Waals surface area contributed by atoms with Crippen LogP contribution < -0.4 is 15.1 Å². The van der Waals surface area contributed by atoms with Gasteiger partial charge in [0, 0.05) is 47.0 Å². The molecule has 0 aliphatic carbocycles. The molecule has 4 aliphatic rings. The van der Waals surface area contributed by atoms with Crippen molar-refractivity contribution in [3.8, 4) is 12.1 Å². The van der Waals surface area contributed by atoms with Crippen molar-refractivity contribution in [2.75, 3.05) is 49.1 Å². The third-order valence-corrected chi connectivity index (χ3v) is 12.0. The molecule has 24 heteroatoms. The molecule has 0 saturated carbocycles. The van der Waals surface area contributed by atoms with E-state index in [1.807, 2.05) is 0 Å². The van der Waals surface area contributed by atoms with E-state index in [-0.39, 0.29) is 67.7 Å². The Kier molecular flexibility index (Phi) is 15.2. The van der Waals surface area contributed by atoms with Gasteiger partial charge in [-0.15, -0.1) is 0 Å². The monoisotopic (exact) mass is 1010 g/mol. The predicted octanol–water partition coefficient (Wildman–Crippen LogP) is 5.22. The highest BCUT2D eigenvalue weighted by molar-refractivity contribution is 6.11. The van der Waals surface area contributed by atoms with Crippen LogP contribution in [-0.4, -0.2) is 107 Å². The number of hydrogen-bond acceptors (Lipinski definition) is 11. The molecule has 376 valence electrons. The number of nitrogens with one attached hydrogen (secondary N) is 1. The van der Waals surface area contributed by atoms with E-state index in [2.05, 4.69) is 10.1 Å². The topological polar surface area (TPSA) is 205 Å². The van der Waals surface area contributed by atoms with Gasteiger partial charge in [-0.3, -0.25) is 43.4 Å². The third-order valence-electron chi connectivity index (χ3n) is 12.0. The van der Waals surface area contributed by atoms with Crippen molar-refractivity contribution in [3.05, 3.63) is 130 Å². The van der Waals surface area contributed by atoms with E-state index in [1.54, 1.807) is 12.1 Å². The maximum Gasteiger partial charge on any atom is 0.416 e. The maximum absolute atomic E-state index is 14.7. The molecule has 8 rings (SSSR count). The average molecular weight is 1010 g/mol. The molecule has 0 bridgehead atoms. The standard InChI is InChI=1S/C23H18F4N4O3.C21H16F4N4O2.C4H6O3/c1-14(32)29-12-22(13-29)21(34)30(19-7-4-16(9-28)8-18(19)24)11-20(33)31(22)10-15-2-5-17(6-3-15)23(25,26)27;22-16-7-14(8-26)3-6-17(16)28-10-18(30)29(20(19(28)31)11-27-12-20)9-13-1-4-15(5-2-13)21(23,24)25;1-3(5)7-4(2)6/h2-8H,10-13H2,1H3;1-7,27H,9-12H2;1-2H3. The molecule has 4 fully saturated rings. The molecule has 0 unspecified atom stereocenters. The van der Waals surface area contributed by atoms with Gasteiger partial charge in [-0.2, -0.15) is 36.9 Å². The average Bonchev–Trinajstić information content (AvgIpc) is 3.27. The zero-order valence-electron chi connectivity index (χ0n) is 38.2. The molecule has 72 heavy (non-hydrogen) atoms. The van der Waals surface area contributed by atoms with E-state index in [0.29, 0.717) is 11.1 Å². The minimum Gasteiger partial charge on any atom is -0.394 e. The number of amides is 5. The van der Waals surface area contributed by atoms with Crippen LogP contribution in [0.2, 0.25) is 0 Å². The van der Waals surface area contributed by atoms with Crippen LogP contribution in [0.4, 0.5) is 46.5 Å². The molecule has 16 nitrogen and oxygen atoms in total. The van der Waals surface area contributed by atoms with Crippen molar-refractivity contribution in [2.24, 2.45) is 0 Å². The number of piperazine rings is 2. The normalized spacial score (nSPS) is 16.9. The van der Waals surface area contributed by atoms with Gasteiger partial charge in [0.1, 0.15) is 30.3 Å². The molecule has 0 radical (unpaired) electrons. The molecule has 4 aromatic rings. The lowest BCUT2D eigenvalue weighted by Gasteiger charge is -2.57. The van der Waals surface area contributed by atoms with E-state index in [4.69, 9.17) is 10.5 Å². The molecule has 0 atom stereocenters. The Morgan fingerprint density at radius 1 is 0.611 bits per heavy atom. The number of ether oxygens (including phenoxy) is 1. The van der Waals surface area contributed by atoms with Crippen LogP contribution in [0.5, 0.6) is 0 Å². The fraction of sp³-hybridized carbons (Fsp3) is 0.312. The van der Waals surface area contributed by atoms with E-state index >= 15 is 0 Å². The second kappa shape index (κ2) is 20.6. The van der Waals surface area contributed by atoms with Crippen LogP contribution in [-0.2, 0) is 63.7 Å². The lowest BCUT2D eigenvalue weighted by Crippen LogP contribution is -2.81. The first kappa shape index (κ1) is 53.1. The second-order valence-electron chi connectivity index (χ2n) is 16.8. The van der Waals surface area contributed by atoms with Gasteiger partial charge in [0.15, 0.2) is 5.54 Å². The lowest BCUT2D eigenvalue weighted by molar-refractivity contribution is -0.169. The number of anilines is 2. The Morgan fingerprint density at radius 3 is 1.28 bits per heavy atom. The van der Waals surface area contributed by atoms with Crippen LogP contribution in [0.15, 0.2) is 84.9 Å². The number of rotatable bonds is 6. The number of likely N-dealkylation sites (tertiary alicyclic amines) is 1. The van der Waals surface area contributed by atoms with Crippen LogP contribution in [0.3, 0.4) is 0 Å². The second-order valence-corrected chi connectivity index (χ2v) is 16.8. The van der Waals surface area contributed by atoms with Gasteiger partial charge in [-0.05, 0) is 71.8 Å². The SMILES string of the molecule is CC(=O)N1CC2(C1)C(=O)N(c1ccc(C#N)cc1F)CC(=O)N2Cc1ccc(C(F)(F)F)cc1.CC(=O)OC(C)=O.N#Cc1ccc(N2CC(=O)N(Cc3ccc(C(F)(F)F)cc3)C3(CNC3)C2=O)c(F)c1. The molecule has 4 saturated heterocycles. The third kappa shape index (κ3) is 11.0. The summed E-state index contributed by atoms with van der Waals surface area (Å²) in [5, 5.41) is 20.8. The molecule has 4 aromatic carbocycles. The van der Waals surface area contributed by atoms with Crippen LogP contribution in [0, 0.1) is 34.3 Å². The number of benzene rings is 4. The highest BCUT2D eigenvalue weighted by atomic mass is 19.4. The van der Waals surface area contributed by atoms with E-state index in [0.717, 1.165) is 46.2 Å². The molecule has 2 spiro atoms. The Balaban J connectivity index is 0.000000208. The van der Waals surface area contributed by atoms with Gasteiger partial charge in [-0.25, -0.2) is 8.78 Å². The fourth-order valence-electron chi connectivity index (χ4n) is 8.24. The first-order valence-corrected chi connectivity index (χ1v) is 21.4. The number of nitriles is 2. The largest absolute Gasteiger partial charge is 0.416 e. The van der Waals surface area contributed by atoms with Gasteiger partial charge in [0.05, 0.1) is 58.9 Å². The van der Waals surface area contributed by atoms with Crippen molar-refractivity contribution >= 4 is 52.8 Å². The van der Waals surface area contributed by atoms with Crippen LogP contribution >= 0.6 is 0 Å². The summed E-state index contributed by atoms with van der Waals surface area (Å²) in [6.45, 7) is 2.60. The van der Waals surface area contributed by atoms with Crippen LogP contribution in [0.25, 0.3) is 0 Å². The number of carbonyl (C=O) groups excluding carboxylic acids is 7. The highest BCUT2D eigenvalue weighted by Crippen LogP contribution is 2.39. The van der Waals surface area contributed by atoms with Gasteiger partial charge in [0.25, 0.3) is 11.8 Å². The molecule has 5 amide bonds. The van der Waals surface area contributed by atoms with Crippen molar-refractivity contribution in [1.82, 2.24) is 20.0 Å². The zero-order valence-corrected chi connectivity index (χ0v) is 38.2. The molecular formula is C48H40F8N8O8. The maximum atomic E-state index is 14.7. The van der Waals surface area contributed by atoms with E-state index in [1.165, 1.54) is 84.0 Å². The number of alkyl halides is 6. The summed E-state index contributed by atoms with van der Waals surface area (Å²) >= 11 is 0. The number of carbonyl (C=O) groups is 7. The number of halogens is 8. The summed E-state index contributed by atoms with van der Waals surface area (Å²) in [4.78, 5) is 90.3. The zero-order chi connectivity index (χ0) is 53.1. The molecule has 4 heterocycles. The Labute approximate surface area is 404 Å². The van der Waals surface area contributed by atoms with Crippen molar-refractivity contribution in [3.63, 3.8) is 0 Å². The van der Waals surface area contributed by atoms with Crippen molar-refractivity contribution in [2.45, 2.75) is 57.3 Å². The summed E-state index contributed by atoms with van der Waals surface area (Å²) in [5.41, 5.74) is -3.72. The minimum atomic E-state index is -4.52. The Hall–Kier alpha value is -8.25. The molecule has 4 aliphatic heterocycles. The van der Waals surface area contributed by atoms with E-state index < -0.39 is 94.8 Å².